The van der Waals surface area contributed by atoms with Crippen molar-refractivity contribution in [1.29, 1.82) is 0 Å². The SMILES string of the molecule is Clc1ccc(-c2ncc(Br)c(Cl)n2)cc1. The smallest absolute Gasteiger partial charge is 0.160 e. The molecule has 1 heterocycles. The third-order valence-electron chi connectivity index (χ3n) is 1.80. The van der Waals surface area contributed by atoms with Crippen LogP contribution >= 0.6 is 39.1 Å². The largest absolute Gasteiger partial charge is 0.235 e. The minimum absolute atomic E-state index is 0.398. The van der Waals surface area contributed by atoms with Crippen LogP contribution in [0.4, 0.5) is 0 Å². The second-order valence-corrected chi connectivity index (χ2v) is 4.49. The quantitative estimate of drug-likeness (QED) is 0.737. The first-order valence-corrected chi connectivity index (χ1v) is 5.65. The van der Waals surface area contributed by atoms with E-state index in [0.717, 1.165) is 5.56 Å². The number of hydrogen-bond acceptors (Lipinski definition) is 2. The lowest BCUT2D eigenvalue weighted by Gasteiger charge is -2.01. The molecule has 0 N–H and O–H groups in total. The van der Waals surface area contributed by atoms with Gasteiger partial charge in [-0.1, -0.05) is 23.2 Å². The highest BCUT2D eigenvalue weighted by Crippen LogP contribution is 2.23. The molecule has 0 bridgehead atoms. The second kappa shape index (κ2) is 4.47. The Kier molecular flexibility index (Phi) is 3.24. The molecule has 0 amide bonds. The molecule has 5 heteroatoms. The highest BCUT2D eigenvalue weighted by atomic mass is 79.9. The summed E-state index contributed by atoms with van der Waals surface area (Å²) in [6.07, 6.45) is 1.62. The van der Waals surface area contributed by atoms with Crippen LogP contribution in [0.25, 0.3) is 11.4 Å². The first-order chi connectivity index (χ1) is 7.16. The van der Waals surface area contributed by atoms with E-state index in [1.165, 1.54) is 0 Å². The van der Waals surface area contributed by atoms with Gasteiger partial charge in [0.05, 0.1) is 4.47 Å². The zero-order valence-electron chi connectivity index (χ0n) is 7.42. The average Bonchev–Trinajstić information content (AvgIpc) is 2.23. The lowest BCUT2D eigenvalue weighted by atomic mass is 10.2. The third-order valence-corrected chi connectivity index (χ3v) is 3.15. The van der Waals surface area contributed by atoms with Crippen LogP contribution in [0.3, 0.4) is 0 Å². The zero-order chi connectivity index (χ0) is 10.8. The molecule has 0 unspecified atom stereocenters. The van der Waals surface area contributed by atoms with Crippen LogP contribution in [0.1, 0.15) is 0 Å². The predicted octanol–water partition coefficient (Wildman–Crippen LogP) is 4.21. The van der Waals surface area contributed by atoms with Crippen molar-refractivity contribution in [1.82, 2.24) is 9.97 Å². The van der Waals surface area contributed by atoms with Gasteiger partial charge in [0, 0.05) is 16.8 Å². The lowest BCUT2D eigenvalue weighted by molar-refractivity contribution is 1.16. The van der Waals surface area contributed by atoms with Crippen molar-refractivity contribution in [3.05, 3.63) is 45.1 Å². The fraction of sp³-hybridized carbons (Fsp3) is 0. The first-order valence-electron chi connectivity index (χ1n) is 4.11. The monoisotopic (exact) mass is 302 g/mol. The summed E-state index contributed by atoms with van der Waals surface area (Å²) in [5.41, 5.74) is 0.883. The summed E-state index contributed by atoms with van der Waals surface area (Å²) in [7, 11) is 0. The van der Waals surface area contributed by atoms with E-state index in [2.05, 4.69) is 25.9 Å². The number of nitrogens with zero attached hydrogens (tertiary/aromatic N) is 2. The van der Waals surface area contributed by atoms with Crippen LogP contribution < -0.4 is 0 Å². The molecule has 1 aromatic carbocycles. The summed E-state index contributed by atoms with van der Waals surface area (Å²) < 4.78 is 0.682. The van der Waals surface area contributed by atoms with Crippen molar-refractivity contribution >= 4 is 39.1 Å². The standard InChI is InChI=1S/C10H5BrCl2N2/c11-8-5-14-10(15-9(8)13)6-1-3-7(12)4-2-6/h1-5H. The van der Waals surface area contributed by atoms with E-state index in [1.54, 1.807) is 18.3 Å². The Morgan fingerprint density at radius 3 is 2.33 bits per heavy atom. The van der Waals surface area contributed by atoms with E-state index in [-0.39, 0.29) is 0 Å². The van der Waals surface area contributed by atoms with Crippen LogP contribution in [0, 0.1) is 0 Å². The Hall–Kier alpha value is -0.640. The van der Waals surface area contributed by atoms with Gasteiger partial charge in [-0.25, -0.2) is 9.97 Å². The molecule has 1 aromatic heterocycles. The predicted molar refractivity (Wildman–Crippen MR) is 65.2 cm³/mol. The van der Waals surface area contributed by atoms with Gasteiger partial charge in [-0.2, -0.15) is 0 Å². The van der Waals surface area contributed by atoms with Gasteiger partial charge in [0.25, 0.3) is 0 Å². The molecule has 0 saturated carbocycles. The molecule has 2 aromatic rings. The number of rotatable bonds is 1. The summed E-state index contributed by atoms with van der Waals surface area (Å²) in [6.45, 7) is 0. The van der Waals surface area contributed by atoms with Gasteiger partial charge in [0.15, 0.2) is 5.82 Å². The molecular formula is C10H5BrCl2N2. The van der Waals surface area contributed by atoms with Crippen molar-refractivity contribution in [2.45, 2.75) is 0 Å². The van der Waals surface area contributed by atoms with Crippen molar-refractivity contribution in [3.8, 4) is 11.4 Å². The zero-order valence-corrected chi connectivity index (χ0v) is 10.5. The molecule has 0 spiro atoms. The normalized spacial score (nSPS) is 10.3. The molecule has 0 aliphatic heterocycles. The van der Waals surface area contributed by atoms with Crippen molar-refractivity contribution < 1.29 is 0 Å². The summed E-state index contributed by atoms with van der Waals surface area (Å²) in [4.78, 5) is 8.29. The molecule has 0 saturated heterocycles. The average molecular weight is 304 g/mol. The maximum Gasteiger partial charge on any atom is 0.160 e. The van der Waals surface area contributed by atoms with Gasteiger partial charge in [-0.15, -0.1) is 0 Å². The molecule has 2 rings (SSSR count). The Morgan fingerprint density at radius 2 is 1.73 bits per heavy atom. The Labute approximate surface area is 105 Å². The van der Waals surface area contributed by atoms with Gasteiger partial charge < -0.3 is 0 Å². The Bertz CT molecular complexity index is 485. The van der Waals surface area contributed by atoms with Crippen LogP contribution in [-0.2, 0) is 0 Å². The summed E-state index contributed by atoms with van der Waals surface area (Å²) >= 11 is 14.9. The van der Waals surface area contributed by atoms with Crippen LogP contribution in [0.15, 0.2) is 34.9 Å². The number of halogens is 3. The van der Waals surface area contributed by atoms with Gasteiger partial charge >= 0.3 is 0 Å². The van der Waals surface area contributed by atoms with Gasteiger partial charge in [0.1, 0.15) is 5.15 Å². The fourth-order valence-electron chi connectivity index (χ4n) is 1.08. The maximum absolute atomic E-state index is 5.87. The van der Waals surface area contributed by atoms with E-state index in [0.29, 0.717) is 20.5 Å². The van der Waals surface area contributed by atoms with E-state index in [1.807, 2.05) is 12.1 Å². The topological polar surface area (TPSA) is 25.8 Å². The van der Waals surface area contributed by atoms with E-state index >= 15 is 0 Å². The Balaban J connectivity index is 2.45. The first kappa shape index (κ1) is 10.9. The second-order valence-electron chi connectivity index (χ2n) is 2.84. The molecule has 15 heavy (non-hydrogen) atoms. The molecule has 0 radical (unpaired) electrons. The summed E-state index contributed by atoms with van der Waals surface area (Å²) in [5.74, 6) is 0.583. The molecule has 0 aliphatic carbocycles. The number of aromatic nitrogens is 2. The van der Waals surface area contributed by atoms with Crippen molar-refractivity contribution in [2.75, 3.05) is 0 Å². The highest BCUT2D eigenvalue weighted by Gasteiger charge is 2.04. The minimum Gasteiger partial charge on any atom is -0.235 e. The minimum atomic E-state index is 0.398. The molecular weight excluding hydrogens is 299 g/mol. The van der Waals surface area contributed by atoms with Gasteiger partial charge in [-0.3, -0.25) is 0 Å². The van der Waals surface area contributed by atoms with E-state index in [9.17, 15) is 0 Å². The third kappa shape index (κ3) is 2.48. The van der Waals surface area contributed by atoms with E-state index < -0.39 is 0 Å². The summed E-state index contributed by atoms with van der Waals surface area (Å²) in [6, 6.07) is 7.27. The fourth-order valence-corrected chi connectivity index (χ4v) is 1.53. The molecule has 0 atom stereocenters. The lowest BCUT2D eigenvalue weighted by Crippen LogP contribution is -1.89. The highest BCUT2D eigenvalue weighted by molar-refractivity contribution is 9.10. The molecule has 76 valence electrons. The molecule has 0 aliphatic rings. The van der Waals surface area contributed by atoms with Crippen LogP contribution in [-0.4, -0.2) is 9.97 Å². The van der Waals surface area contributed by atoms with Crippen LogP contribution in [0.5, 0.6) is 0 Å². The van der Waals surface area contributed by atoms with Crippen molar-refractivity contribution in [3.63, 3.8) is 0 Å². The van der Waals surface area contributed by atoms with Gasteiger partial charge in [-0.05, 0) is 40.2 Å². The van der Waals surface area contributed by atoms with Crippen LogP contribution in [0.2, 0.25) is 10.2 Å². The number of benzene rings is 1. The Morgan fingerprint density at radius 1 is 1.07 bits per heavy atom. The summed E-state index contributed by atoms with van der Waals surface area (Å²) in [5, 5.41) is 1.08. The van der Waals surface area contributed by atoms with E-state index in [4.69, 9.17) is 23.2 Å². The number of hydrogen-bond donors (Lipinski definition) is 0. The maximum atomic E-state index is 5.87. The molecule has 2 nitrogen and oxygen atoms in total. The molecule has 0 fully saturated rings. The van der Waals surface area contributed by atoms with Gasteiger partial charge in [0.2, 0.25) is 0 Å². The van der Waals surface area contributed by atoms with Crippen molar-refractivity contribution in [2.24, 2.45) is 0 Å².